The van der Waals surface area contributed by atoms with Crippen LogP contribution in [0.25, 0.3) is 0 Å². The summed E-state index contributed by atoms with van der Waals surface area (Å²) in [6.45, 7) is 4.14. The van der Waals surface area contributed by atoms with Gasteiger partial charge < -0.3 is 15.0 Å². The molecule has 0 aromatic carbocycles. The number of imidazole rings is 1. The molecule has 2 N–H and O–H groups in total. The Morgan fingerprint density at radius 1 is 1.60 bits per heavy atom. The Hall–Kier alpha value is -0.870. The fourth-order valence-electron chi connectivity index (χ4n) is 1.38. The fraction of sp³-hybridized carbons (Fsp3) is 0.727. The number of methoxy groups -OCH3 is 1. The highest BCUT2D eigenvalue weighted by Crippen LogP contribution is 2.21. The molecule has 4 heteroatoms. The SMILES string of the molecule is COC(C)(C)CCC(N)c1cn(C)cn1. The maximum absolute atomic E-state index is 6.04. The predicted molar refractivity (Wildman–Crippen MR) is 60.5 cm³/mol. The van der Waals surface area contributed by atoms with Crippen LogP contribution in [0.3, 0.4) is 0 Å². The van der Waals surface area contributed by atoms with Crippen LogP contribution in [0.4, 0.5) is 0 Å². The monoisotopic (exact) mass is 211 g/mol. The van der Waals surface area contributed by atoms with Crippen LogP contribution >= 0.6 is 0 Å². The van der Waals surface area contributed by atoms with Gasteiger partial charge in [0.05, 0.1) is 17.6 Å². The summed E-state index contributed by atoms with van der Waals surface area (Å²) < 4.78 is 7.26. The molecule has 1 aromatic rings. The molecule has 0 saturated heterocycles. The summed E-state index contributed by atoms with van der Waals surface area (Å²) in [5.74, 6) is 0. The van der Waals surface area contributed by atoms with Crippen LogP contribution in [0.5, 0.6) is 0 Å². The van der Waals surface area contributed by atoms with Crippen molar-refractivity contribution in [1.82, 2.24) is 9.55 Å². The maximum Gasteiger partial charge on any atom is 0.0947 e. The highest BCUT2D eigenvalue weighted by atomic mass is 16.5. The summed E-state index contributed by atoms with van der Waals surface area (Å²) in [7, 11) is 3.68. The highest BCUT2D eigenvalue weighted by molar-refractivity contribution is 5.02. The van der Waals surface area contributed by atoms with Crippen LogP contribution in [0, 0.1) is 0 Å². The van der Waals surface area contributed by atoms with E-state index in [0.29, 0.717) is 0 Å². The van der Waals surface area contributed by atoms with Gasteiger partial charge in [-0.05, 0) is 26.7 Å². The molecular formula is C11H21N3O. The first-order valence-electron chi connectivity index (χ1n) is 5.23. The van der Waals surface area contributed by atoms with E-state index in [1.165, 1.54) is 0 Å². The predicted octanol–water partition coefficient (Wildman–Crippen LogP) is 1.63. The van der Waals surface area contributed by atoms with E-state index in [9.17, 15) is 0 Å². The largest absolute Gasteiger partial charge is 0.379 e. The van der Waals surface area contributed by atoms with Crippen molar-refractivity contribution in [1.29, 1.82) is 0 Å². The van der Waals surface area contributed by atoms with Crippen LogP contribution in [-0.4, -0.2) is 22.3 Å². The first-order valence-corrected chi connectivity index (χ1v) is 5.23. The Kier molecular flexibility index (Phi) is 3.88. The summed E-state index contributed by atoms with van der Waals surface area (Å²) in [6.07, 6.45) is 5.56. The highest BCUT2D eigenvalue weighted by Gasteiger charge is 2.19. The minimum atomic E-state index is -0.105. The number of rotatable bonds is 5. The van der Waals surface area contributed by atoms with E-state index < -0.39 is 0 Å². The van der Waals surface area contributed by atoms with Gasteiger partial charge in [0.25, 0.3) is 0 Å². The second-order valence-electron chi connectivity index (χ2n) is 4.57. The Morgan fingerprint density at radius 3 is 2.73 bits per heavy atom. The minimum Gasteiger partial charge on any atom is -0.379 e. The van der Waals surface area contributed by atoms with Crippen molar-refractivity contribution in [2.45, 2.75) is 38.3 Å². The molecule has 4 nitrogen and oxygen atoms in total. The van der Waals surface area contributed by atoms with Crippen molar-refractivity contribution in [3.8, 4) is 0 Å². The average molecular weight is 211 g/mol. The lowest BCUT2D eigenvalue weighted by Crippen LogP contribution is -2.24. The number of aromatic nitrogens is 2. The van der Waals surface area contributed by atoms with E-state index in [4.69, 9.17) is 10.5 Å². The molecule has 0 spiro atoms. The first-order chi connectivity index (χ1) is 6.94. The van der Waals surface area contributed by atoms with Gasteiger partial charge in [-0.15, -0.1) is 0 Å². The van der Waals surface area contributed by atoms with Crippen molar-refractivity contribution >= 4 is 0 Å². The molecule has 0 radical (unpaired) electrons. The molecule has 15 heavy (non-hydrogen) atoms. The second kappa shape index (κ2) is 4.77. The molecule has 0 aliphatic carbocycles. The zero-order chi connectivity index (χ0) is 11.5. The van der Waals surface area contributed by atoms with Crippen LogP contribution in [-0.2, 0) is 11.8 Å². The first kappa shape index (κ1) is 12.2. The van der Waals surface area contributed by atoms with E-state index >= 15 is 0 Å². The third-order valence-corrected chi connectivity index (χ3v) is 2.71. The summed E-state index contributed by atoms with van der Waals surface area (Å²) in [5, 5.41) is 0. The number of nitrogens with two attached hydrogens (primary N) is 1. The Labute approximate surface area is 91.4 Å². The van der Waals surface area contributed by atoms with E-state index in [-0.39, 0.29) is 11.6 Å². The minimum absolute atomic E-state index is 0.000579. The van der Waals surface area contributed by atoms with Crippen LogP contribution in [0.15, 0.2) is 12.5 Å². The molecule has 0 aliphatic rings. The van der Waals surface area contributed by atoms with E-state index in [0.717, 1.165) is 18.5 Å². The van der Waals surface area contributed by atoms with Crippen molar-refractivity contribution in [3.05, 3.63) is 18.2 Å². The quantitative estimate of drug-likeness (QED) is 0.805. The zero-order valence-corrected chi connectivity index (χ0v) is 10.0. The van der Waals surface area contributed by atoms with Gasteiger partial charge in [0.2, 0.25) is 0 Å². The molecule has 86 valence electrons. The molecule has 0 bridgehead atoms. The lowest BCUT2D eigenvalue weighted by Gasteiger charge is -2.24. The molecule has 0 fully saturated rings. The maximum atomic E-state index is 6.04. The van der Waals surface area contributed by atoms with Crippen molar-refractivity contribution in [3.63, 3.8) is 0 Å². The smallest absolute Gasteiger partial charge is 0.0947 e. The average Bonchev–Trinajstić information content (AvgIpc) is 2.61. The van der Waals surface area contributed by atoms with Crippen LogP contribution < -0.4 is 5.73 Å². The molecule has 0 amide bonds. The summed E-state index contributed by atoms with van der Waals surface area (Å²) in [5.41, 5.74) is 6.88. The van der Waals surface area contributed by atoms with Crippen molar-refractivity contribution < 1.29 is 4.74 Å². The Balaban J connectivity index is 2.46. The molecule has 0 saturated carbocycles. The number of aryl methyl sites for hydroxylation is 1. The normalized spacial score (nSPS) is 14.2. The van der Waals surface area contributed by atoms with Gasteiger partial charge in [0.15, 0.2) is 0 Å². The number of hydrogen-bond donors (Lipinski definition) is 1. The van der Waals surface area contributed by atoms with Gasteiger partial charge >= 0.3 is 0 Å². The van der Waals surface area contributed by atoms with Crippen LogP contribution in [0.1, 0.15) is 38.4 Å². The number of ether oxygens (including phenoxy) is 1. The molecular weight excluding hydrogens is 190 g/mol. The zero-order valence-electron chi connectivity index (χ0n) is 10.0. The van der Waals surface area contributed by atoms with Gasteiger partial charge in [-0.1, -0.05) is 0 Å². The summed E-state index contributed by atoms with van der Waals surface area (Å²) in [4.78, 5) is 4.24. The lowest BCUT2D eigenvalue weighted by molar-refractivity contribution is 0.0124. The van der Waals surface area contributed by atoms with E-state index in [1.807, 2.05) is 17.8 Å². The summed E-state index contributed by atoms with van der Waals surface area (Å²) >= 11 is 0. The Bertz CT molecular complexity index is 307. The van der Waals surface area contributed by atoms with Gasteiger partial charge in [-0.3, -0.25) is 0 Å². The van der Waals surface area contributed by atoms with Gasteiger partial charge in [-0.25, -0.2) is 4.98 Å². The number of nitrogens with zero attached hydrogens (tertiary/aromatic N) is 2. The van der Waals surface area contributed by atoms with Gasteiger partial charge in [0.1, 0.15) is 0 Å². The van der Waals surface area contributed by atoms with Crippen LogP contribution in [0.2, 0.25) is 0 Å². The number of hydrogen-bond acceptors (Lipinski definition) is 3. The van der Waals surface area contributed by atoms with Gasteiger partial charge in [0, 0.05) is 26.4 Å². The van der Waals surface area contributed by atoms with E-state index in [2.05, 4.69) is 18.8 Å². The molecule has 1 aromatic heterocycles. The summed E-state index contributed by atoms with van der Waals surface area (Å²) in [6, 6.07) is 0.000579. The standard InChI is InChI=1S/C11H21N3O/c1-11(2,15-4)6-5-9(12)10-7-14(3)8-13-10/h7-9H,5-6,12H2,1-4H3. The molecule has 1 rings (SSSR count). The van der Waals surface area contributed by atoms with Crippen molar-refractivity contribution in [2.24, 2.45) is 12.8 Å². The second-order valence-corrected chi connectivity index (χ2v) is 4.57. The third-order valence-electron chi connectivity index (χ3n) is 2.71. The topological polar surface area (TPSA) is 53.1 Å². The molecule has 1 heterocycles. The molecule has 0 aliphatic heterocycles. The molecule has 1 unspecified atom stereocenters. The van der Waals surface area contributed by atoms with Crippen molar-refractivity contribution in [2.75, 3.05) is 7.11 Å². The fourth-order valence-corrected chi connectivity index (χ4v) is 1.38. The molecule has 1 atom stereocenters. The van der Waals surface area contributed by atoms with Gasteiger partial charge in [-0.2, -0.15) is 0 Å². The van der Waals surface area contributed by atoms with E-state index in [1.54, 1.807) is 13.4 Å². The Morgan fingerprint density at radius 2 is 2.27 bits per heavy atom. The lowest BCUT2D eigenvalue weighted by atomic mass is 9.98. The third kappa shape index (κ3) is 3.64.